The summed E-state index contributed by atoms with van der Waals surface area (Å²) in [6.07, 6.45) is 1.61. The highest BCUT2D eigenvalue weighted by Gasteiger charge is 2.27. The fourth-order valence-electron chi connectivity index (χ4n) is 3.79. The second-order valence-electron chi connectivity index (χ2n) is 7.35. The minimum Gasteiger partial charge on any atom is -0.464 e. The van der Waals surface area contributed by atoms with E-state index < -0.39 is 11.9 Å². The average Bonchev–Trinajstić information content (AvgIpc) is 3.35. The summed E-state index contributed by atoms with van der Waals surface area (Å²) < 4.78 is 15.9. The average molecular weight is 466 g/mol. The zero-order valence-corrected chi connectivity index (χ0v) is 19.3. The number of furan rings is 1. The number of anilines is 1. The van der Waals surface area contributed by atoms with E-state index in [4.69, 9.17) is 13.9 Å². The molecule has 0 unspecified atom stereocenters. The van der Waals surface area contributed by atoms with Gasteiger partial charge in [-0.15, -0.1) is 11.3 Å². The van der Waals surface area contributed by atoms with E-state index in [0.29, 0.717) is 11.1 Å². The molecule has 0 spiro atoms. The second kappa shape index (κ2) is 9.46. The third-order valence-electron chi connectivity index (χ3n) is 5.23. The molecule has 0 saturated carbocycles. The van der Waals surface area contributed by atoms with E-state index in [9.17, 15) is 14.4 Å². The lowest BCUT2D eigenvalue weighted by atomic mass is 10.0. The molecule has 0 atom stereocenters. The summed E-state index contributed by atoms with van der Waals surface area (Å²) in [6.45, 7) is 5.41. The molecule has 0 aliphatic rings. The van der Waals surface area contributed by atoms with E-state index in [1.165, 1.54) is 0 Å². The van der Waals surface area contributed by atoms with Gasteiger partial charge in [0.2, 0.25) is 5.91 Å². The predicted octanol–water partition coefficient (Wildman–Crippen LogP) is 5.49. The molecule has 0 fully saturated rings. The quantitative estimate of drug-likeness (QED) is 0.363. The maximum Gasteiger partial charge on any atom is 0.348 e. The third-order valence-corrected chi connectivity index (χ3v) is 6.42. The minimum absolute atomic E-state index is 0.0367. The zero-order valence-electron chi connectivity index (χ0n) is 18.5. The molecule has 0 saturated heterocycles. The highest BCUT2D eigenvalue weighted by atomic mass is 32.1. The van der Waals surface area contributed by atoms with Crippen LogP contribution in [0.4, 0.5) is 5.00 Å². The second-order valence-corrected chi connectivity index (χ2v) is 8.37. The van der Waals surface area contributed by atoms with Gasteiger partial charge in [-0.1, -0.05) is 30.3 Å². The number of amides is 1. The topological polar surface area (TPSA) is 94.8 Å². The molecule has 0 aliphatic heterocycles. The molecule has 7 nitrogen and oxygen atoms in total. The van der Waals surface area contributed by atoms with Crippen LogP contribution < -0.4 is 5.32 Å². The lowest BCUT2D eigenvalue weighted by molar-refractivity contribution is -0.115. The summed E-state index contributed by atoms with van der Waals surface area (Å²) in [7, 11) is 0. The van der Waals surface area contributed by atoms with E-state index in [2.05, 4.69) is 5.32 Å². The Morgan fingerprint density at radius 2 is 1.73 bits per heavy atom. The standard InChI is InChI=1S/C25H23NO6S/c1-4-30-24(28)20-14(3)22(25(29)31-5-2)33-23(20)26-19(27)12-16-13-32-18-11-10-15-8-6-7-9-17(15)21(16)18/h6-11,13H,4-5,12H2,1-3H3,(H,26,27). The maximum absolute atomic E-state index is 13.0. The summed E-state index contributed by atoms with van der Waals surface area (Å²) in [4.78, 5) is 38.2. The summed E-state index contributed by atoms with van der Waals surface area (Å²) in [5.41, 5.74) is 2.02. The third kappa shape index (κ3) is 4.34. The van der Waals surface area contributed by atoms with Gasteiger partial charge in [0.05, 0.1) is 31.5 Å². The normalized spacial score (nSPS) is 11.0. The Kier molecular flexibility index (Phi) is 6.46. The summed E-state index contributed by atoms with van der Waals surface area (Å²) in [6, 6.07) is 11.7. The Morgan fingerprint density at radius 1 is 1.00 bits per heavy atom. The van der Waals surface area contributed by atoms with Crippen LogP contribution >= 0.6 is 11.3 Å². The van der Waals surface area contributed by atoms with Gasteiger partial charge in [-0.25, -0.2) is 9.59 Å². The van der Waals surface area contributed by atoms with Crippen LogP contribution in [0, 0.1) is 6.92 Å². The van der Waals surface area contributed by atoms with E-state index in [1.807, 2.05) is 36.4 Å². The first-order valence-corrected chi connectivity index (χ1v) is 11.4. The molecule has 0 radical (unpaired) electrons. The molecular weight excluding hydrogens is 442 g/mol. The van der Waals surface area contributed by atoms with Gasteiger partial charge in [0.1, 0.15) is 15.5 Å². The molecule has 1 amide bonds. The van der Waals surface area contributed by atoms with Crippen molar-refractivity contribution in [2.45, 2.75) is 27.2 Å². The van der Waals surface area contributed by atoms with Crippen LogP contribution in [0.25, 0.3) is 21.7 Å². The van der Waals surface area contributed by atoms with Gasteiger partial charge in [0.25, 0.3) is 0 Å². The van der Waals surface area contributed by atoms with Gasteiger partial charge in [0, 0.05) is 10.9 Å². The SMILES string of the molecule is CCOC(=O)c1sc(NC(=O)Cc2coc3ccc4ccccc4c23)c(C(=O)OCC)c1C. The Morgan fingerprint density at radius 3 is 2.48 bits per heavy atom. The molecule has 0 bridgehead atoms. The molecular formula is C25H23NO6S. The molecule has 33 heavy (non-hydrogen) atoms. The molecule has 4 aromatic rings. The van der Waals surface area contributed by atoms with Crippen molar-refractivity contribution in [2.24, 2.45) is 0 Å². The first kappa shape index (κ1) is 22.5. The van der Waals surface area contributed by atoms with Crippen LogP contribution in [-0.4, -0.2) is 31.1 Å². The number of esters is 2. The Balaban J connectivity index is 1.66. The number of rotatable bonds is 7. The predicted molar refractivity (Wildman–Crippen MR) is 127 cm³/mol. The molecule has 1 N–H and O–H groups in total. The van der Waals surface area contributed by atoms with E-state index in [0.717, 1.165) is 33.1 Å². The number of carbonyl (C=O) groups is 3. The Bertz CT molecular complexity index is 1370. The maximum atomic E-state index is 13.0. The number of benzene rings is 2. The van der Waals surface area contributed by atoms with Crippen molar-refractivity contribution >= 4 is 55.9 Å². The van der Waals surface area contributed by atoms with Gasteiger partial charge in [-0.3, -0.25) is 4.79 Å². The van der Waals surface area contributed by atoms with E-state index >= 15 is 0 Å². The monoisotopic (exact) mass is 465 g/mol. The zero-order chi connectivity index (χ0) is 23.5. The molecule has 2 heterocycles. The molecule has 2 aromatic heterocycles. The van der Waals surface area contributed by atoms with Gasteiger partial charge in [-0.2, -0.15) is 0 Å². The fourth-order valence-corrected chi connectivity index (χ4v) is 4.90. The molecule has 4 rings (SSSR count). The van der Waals surface area contributed by atoms with E-state index in [1.54, 1.807) is 27.0 Å². The van der Waals surface area contributed by atoms with Crippen LogP contribution in [0.15, 0.2) is 47.1 Å². The number of fused-ring (bicyclic) bond motifs is 3. The van der Waals surface area contributed by atoms with Crippen LogP contribution in [0.1, 0.15) is 45.0 Å². The number of nitrogens with one attached hydrogen (secondary N) is 1. The van der Waals surface area contributed by atoms with Crippen molar-refractivity contribution in [3.63, 3.8) is 0 Å². The highest BCUT2D eigenvalue weighted by molar-refractivity contribution is 7.18. The number of carbonyl (C=O) groups excluding carboxylic acids is 3. The van der Waals surface area contributed by atoms with Crippen LogP contribution in [-0.2, 0) is 20.7 Å². The number of thiophene rings is 1. The van der Waals surface area contributed by atoms with Crippen LogP contribution in [0.5, 0.6) is 0 Å². The minimum atomic E-state index is -0.600. The molecule has 8 heteroatoms. The van der Waals surface area contributed by atoms with Crippen molar-refractivity contribution < 1.29 is 28.3 Å². The first-order chi connectivity index (χ1) is 15.9. The summed E-state index contributed by atoms with van der Waals surface area (Å²) in [5.74, 6) is -1.48. The number of hydrogen-bond acceptors (Lipinski definition) is 7. The summed E-state index contributed by atoms with van der Waals surface area (Å²) >= 11 is 1.00. The van der Waals surface area contributed by atoms with Gasteiger partial charge < -0.3 is 19.2 Å². The van der Waals surface area contributed by atoms with Gasteiger partial charge >= 0.3 is 11.9 Å². The molecule has 2 aromatic carbocycles. The molecule has 170 valence electrons. The molecule has 0 aliphatic carbocycles. The summed E-state index contributed by atoms with van der Waals surface area (Å²) in [5, 5.41) is 5.97. The largest absolute Gasteiger partial charge is 0.464 e. The van der Waals surface area contributed by atoms with Crippen molar-refractivity contribution in [3.8, 4) is 0 Å². The lowest BCUT2D eigenvalue weighted by Gasteiger charge is -2.07. The van der Waals surface area contributed by atoms with Gasteiger partial charge in [0.15, 0.2) is 0 Å². The smallest absolute Gasteiger partial charge is 0.348 e. The van der Waals surface area contributed by atoms with Crippen molar-refractivity contribution in [1.29, 1.82) is 0 Å². The van der Waals surface area contributed by atoms with Gasteiger partial charge in [-0.05, 0) is 43.2 Å². The van der Waals surface area contributed by atoms with Crippen molar-refractivity contribution in [3.05, 3.63) is 64.2 Å². The first-order valence-electron chi connectivity index (χ1n) is 10.6. The lowest BCUT2D eigenvalue weighted by Crippen LogP contribution is -2.16. The van der Waals surface area contributed by atoms with Crippen molar-refractivity contribution in [1.82, 2.24) is 0 Å². The number of hydrogen-bond donors (Lipinski definition) is 1. The van der Waals surface area contributed by atoms with Crippen LogP contribution in [0.3, 0.4) is 0 Å². The number of ether oxygens (including phenoxy) is 2. The van der Waals surface area contributed by atoms with Crippen molar-refractivity contribution in [2.75, 3.05) is 18.5 Å². The Hall–Kier alpha value is -3.65. The van der Waals surface area contributed by atoms with Crippen LogP contribution in [0.2, 0.25) is 0 Å². The van der Waals surface area contributed by atoms with E-state index in [-0.39, 0.29) is 41.0 Å². The highest BCUT2D eigenvalue weighted by Crippen LogP contribution is 2.35. The fraction of sp³-hybridized carbons (Fsp3) is 0.240. The Labute approximate surface area is 194 Å².